The minimum Gasteiger partial charge on any atom is -0.349 e. The second-order valence-electron chi connectivity index (χ2n) is 6.04. The van der Waals surface area contributed by atoms with Crippen LogP contribution in [0.3, 0.4) is 0 Å². The summed E-state index contributed by atoms with van der Waals surface area (Å²) in [4.78, 5) is 19.8. The van der Waals surface area contributed by atoms with Crippen LogP contribution in [0.2, 0.25) is 0 Å². The van der Waals surface area contributed by atoms with Crippen LogP contribution < -0.4 is 5.32 Å². The number of hydrogen-bond donors (Lipinski definition) is 1. The lowest BCUT2D eigenvalue weighted by molar-refractivity contribution is -0.130. The lowest BCUT2D eigenvalue weighted by Crippen LogP contribution is -2.53. The number of carbonyl (C=O) groups is 1. The molecule has 0 atom stereocenters. The Morgan fingerprint density at radius 2 is 1.83 bits per heavy atom. The molecule has 2 aliphatic heterocycles. The van der Waals surface area contributed by atoms with Crippen molar-refractivity contribution in [2.75, 3.05) is 33.2 Å². The Morgan fingerprint density at radius 1 is 1.12 bits per heavy atom. The molecule has 1 amide bonds. The maximum Gasteiger partial charge on any atom is 0.219 e. The lowest BCUT2D eigenvalue weighted by Gasteiger charge is -2.36. The van der Waals surface area contributed by atoms with Crippen LogP contribution in [0.4, 0.5) is 0 Å². The van der Waals surface area contributed by atoms with Gasteiger partial charge < -0.3 is 19.7 Å². The Balaban J connectivity index is 0.00000208. The van der Waals surface area contributed by atoms with Gasteiger partial charge in [0.25, 0.3) is 0 Å². The van der Waals surface area contributed by atoms with E-state index in [1.54, 1.807) is 14.0 Å². The van der Waals surface area contributed by atoms with Gasteiger partial charge in [0.2, 0.25) is 5.91 Å². The van der Waals surface area contributed by atoms with Crippen LogP contribution >= 0.6 is 24.0 Å². The molecule has 1 aromatic rings. The van der Waals surface area contributed by atoms with Crippen molar-refractivity contribution in [3.05, 3.63) is 11.6 Å². The molecule has 0 radical (unpaired) electrons. The molecular weight excluding hydrogens is 421 g/mol. The summed E-state index contributed by atoms with van der Waals surface area (Å²) in [6.45, 7) is 6.36. The quantitative estimate of drug-likeness (QED) is 0.405. The Morgan fingerprint density at radius 3 is 2.50 bits per heavy atom. The van der Waals surface area contributed by atoms with E-state index in [1.807, 2.05) is 4.90 Å². The molecule has 2 aliphatic rings. The molecule has 3 heterocycles. The summed E-state index contributed by atoms with van der Waals surface area (Å²) in [6.07, 6.45) is 3.42. The van der Waals surface area contributed by atoms with Gasteiger partial charge in [-0.2, -0.15) is 0 Å². The first-order valence-electron chi connectivity index (χ1n) is 8.31. The first-order valence-corrected chi connectivity index (χ1v) is 8.31. The van der Waals surface area contributed by atoms with Crippen molar-refractivity contribution in [1.82, 2.24) is 29.9 Å². The molecule has 3 rings (SSSR count). The molecule has 1 N–H and O–H groups in total. The van der Waals surface area contributed by atoms with E-state index < -0.39 is 0 Å². The predicted molar refractivity (Wildman–Crippen MR) is 102 cm³/mol. The van der Waals surface area contributed by atoms with Crippen LogP contribution in [0.5, 0.6) is 0 Å². The zero-order valence-electron chi connectivity index (χ0n) is 14.4. The number of amides is 1. The molecule has 0 spiro atoms. The van der Waals surface area contributed by atoms with E-state index in [2.05, 4.69) is 30.0 Å². The maximum absolute atomic E-state index is 11.4. The SMILES string of the molecule is CN=C(NCc1nnc2n1CCCC2)N1CCN(C(C)=O)CC1.I. The fourth-order valence-corrected chi connectivity index (χ4v) is 3.22. The van der Waals surface area contributed by atoms with E-state index >= 15 is 0 Å². The van der Waals surface area contributed by atoms with Gasteiger partial charge in [-0.3, -0.25) is 9.79 Å². The van der Waals surface area contributed by atoms with Crippen molar-refractivity contribution in [3.8, 4) is 0 Å². The fourth-order valence-electron chi connectivity index (χ4n) is 3.22. The van der Waals surface area contributed by atoms with Gasteiger partial charge in [0, 0.05) is 53.1 Å². The van der Waals surface area contributed by atoms with Gasteiger partial charge in [0.1, 0.15) is 5.82 Å². The highest BCUT2D eigenvalue weighted by atomic mass is 127. The third kappa shape index (κ3) is 4.17. The summed E-state index contributed by atoms with van der Waals surface area (Å²) in [6, 6.07) is 0. The molecule has 1 saturated heterocycles. The van der Waals surface area contributed by atoms with Gasteiger partial charge in [0.05, 0.1) is 6.54 Å². The van der Waals surface area contributed by atoms with Crippen LogP contribution in [0.1, 0.15) is 31.4 Å². The largest absolute Gasteiger partial charge is 0.349 e. The van der Waals surface area contributed by atoms with E-state index in [-0.39, 0.29) is 29.9 Å². The fraction of sp³-hybridized carbons (Fsp3) is 0.733. The minimum absolute atomic E-state index is 0. The number of carbonyl (C=O) groups excluding carboxylic acids is 1. The van der Waals surface area contributed by atoms with E-state index in [0.717, 1.165) is 56.8 Å². The summed E-state index contributed by atoms with van der Waals surface area (Å²) in [5.74, 6) is 3.07. The standard InChI is InChI=1S/C15H25N7O.HI/c1-12(23)20-7-9-21(10-8-20)15(16-2)17-11-14-19-18-13-5-3-4-6-22(13)14;/h3-11H2,1-2H3,(H,16,17);1H. The number of aliphatic imine (C=N–C) groups is 1. The molecule has 134 valence electrons. The molecule has 0 aliphatic carbocycles. The molecule has 0 saturated carbocycles. The number of halogens is 1. The van der Waals surface area contributed by atoms with E-state index in [0.29, 0.717) is 6.54 Å². The van der Waals surface area contributed by atoms with Gasteiger partial charge in [-0.15, -0.1) is 34.2 Å². The zero-order valence-corrected chi connectivity index (χ0v) is 16.7. The van der Waals surface area contributed by atoms with Crippen molar-refractivity contribution < 1.29 is 4.79 Å². The highest BCUT2D eigenvalue weighted by Crippen LogP contribution is 2.14. The summed E-state index contributed by atoms with van der Waals surface area (Å²) >= 11 is 0. The molecule has 0 aromatic carbocycles. The first-order chi connectivity index (χ1) is 11.2. The smallest absolute Gasteiger partial charge is 0.219 e. The Bertz CT molecular complexity index is 593. The monoisotopic (exact) mass is 447 g/mol. The molecule has 0 bridgehead atoms. The second kappa shape index (κ2) is 8.63. The van der Waals surface area contributed by atoms with Crippen molar-refractivity contribution in [2.45, 2.75) is 39.3 Å². The number of nitrogens with zero attached hydrogens (tertiary/aromatic N) is 6. The first kappa shape index (κ1) is 18.9. The minimum atomic E-state index is 0. The molecule has 1 aromatic heterocycles. The Hall–Kier alpha value is -1.39. The third-order valence-electron chi connectivity index (χ3n) is 4.58. The predicted octanol–water partition coefficient (Wildman–Crippen LogP) is 0.472. The second-order valence-corrected chi connectivity index (χ2v) is 6.04. The normalized spacial score (nSPS) is 18.0. The summed E-state index contributed by atoms with van der Waals surface area (Å²) < 4.78 is 2.22. The number of aromatic nitrogens is 3. The van der Waals surface area contributed by atoms with Crippen LogP contribution in [0.25, 0.3) is 0 Å². The third-order valence-corrected chi connectivity index (χ3v) is 4.58. The number of fused-ring (bicyclic) bond motifs is 1. The molecule has 0 unspecified atom stereocenters. The zero-order chi connectivity index (χ0) is 16.2. The number of nitrogens with one attached hydrogen (secondary N) is 1. The molecule has 24 heavy (non-hydrogen) atoms. The number of rotatable bonds is 2. The number of hydrogen-bond acceptors (Lipinski definition) is 4. The maximum atomic E-state index is 11.4. The van der Waals surface area contributed by atoms with Gasteiger partial charge in [-0.1, -0.05) is 0 Å². The number of piperazine rings is 1. The molecule has 8 nitrogen and oxygen atoms in total. The van der Waals surface area contributed by atoms with Crippen molar-refractivity contribution in [3.63, 3.8) is 0 Å². The van der Waals surface area contributed by atoms with Gasteiger partial charge >= 0.3 is 0 Å². The summed E-state index contributed by atoms with van der Waals surface area (Å²) in [7, 11) is 1.79. The highest BCUT2D eigenvalue weighted by Gasteiger charge is 2.21. The number of guanidine groups is 1. The van der Waals surface area contributed by atoms with Gasteiger partial charge in [-0.05, 0) is 12.8 Å². The summed E-state index contributed by atoms with van der Waals surface area (Å²) in [5, 5.41) is 12.0. The van der Waals surface area contributed by atoms with Gasteiger partial charge in [0.15, 0.2) is 11.8 Å². The topological polar surface area (TPSA) is 78.7 Å². The molecular formula is C15H26IN7O. The Labute approximate surface area is 159 Å². The average Bonchev–Trinajstić information content (AvgIpc) is 2.99. The van der Waals surface area contributed by atoms with Crippen LogP contribution in [0, 0.1) is 0 Å². The highest BCUT2D eigenvalue weighted by molar-refractivity contribution is 14.0. The van der Waals surface area contributed by atoms with Gasteiger partial charge in [-0.25, -0.2) is 0 Å². The van der Waals surface area contributed by atoms with Crippen LogP contribution in [-0.2, 0) is 24.3 Å². The van der Waals surface area contributed by atoms with E-state index in [1.165, 1.54) is 12.8 Å². The molecule has 1 fully saturated rings. The Kier molecular flexibility index (Phi) is 6.81. The van der Waals surface area contributed by atoms with Crippen molar-refractivity contribution in [1.29, 1.82) is 0 Å². The van der Waals surface area contributed by atoms with E-state index in [4.69, 9.17) is 0 Å². The molecule has 9 heteroatoms. The van der Waals surface area contributed by atoms with Crippen LogP contribution in [-0.4, -0.2) is 69.7 Å². The lowest BCUT2D eigenvalue weighted by atomic mass is 10.2. The number of aryl methyl sites for hydroxylation is 1. The summed E-state index contributed by atoms with van der Waals surface area (Å²) in [5.41, 5.74) is 0. The van der Waals surface area contributed by atoms with Crippen LogP contribution in [0.15, 0.2) is 4.99 Å². The van der Waals surface area contributed by atoms with E-state index in [9.17, 15) is 4.79 Å². The van der Waals surface area contributed by atoms with Crippen molar-refractivity contribution >= 4 is 35.8 Å². The van der Waals surface area contributed by atoms with Crippen molar-refractivity contribution in [2.24, 2.45) is 4.99 Å². The average molecular weight is 447 g/mol.